The summed E-state index contributed by atoms with van der Waals surface area (Å²) in [7, 11) is 0. The maximum Gasteiger partial charge on any atom is 0.261 e. The van der Waals surface area contributed by atoms with E-state index in [9.17, 15) is 14.4 Å². The van der Waals surface area contributed by atoms with Crippen LogP contribution in [0.2, 0.25) is 0 Å². The zero-order valence-corrected chi connectivity index (χ0v) is 14.3. The molecular weight excluding hydrogens is 341 g/mol. The summed E-state index contributed by atoms with van der Waals surface area (Å²) in [5, 5.41) is 9.63. The van der Waals surface area contributed by atoms with E-state index in [1.165, 1.54) is 29.1 Å². The van der Waals surface area contributed by atoms with E-state index >= 15 is 0 Å². The molecule has 0 bridgehead atoms. The number of aromatic nitrogens is 2. The summed E-state index contributed by atoms with van der Waals surface area (Å²) < 4.78 is 14.8. The molecule has 130 valence electrons. The van der Waals surface area contributed by atoms with E-state index in [1.54, 1.807) is 6.07 Å². The van der Waals surface area contributed by atoms with Crippen LogP contribution in [0.15, 0.2) is 77.9 Å². The number of nitrogens with zero attached hydrogens (tertiary/aromatic N) is 3. The molecule has 0 N–H and O–H groups in total. The minimum absolute atomic E-state index is 0.209. The van der Waals surface area contributed by atoms with Crippen molar-refractivity contribution in [3.63, 3.8) is 0 Å². The lowest BCUT2D eigenvalue weighted by atomic mass is 9.99. The molecule has 0 spiro atoms. The lowest BCUT2D eigenvalue weighted by molar-refractivity contribution is 0.629. The third kappa shape index (κ3) is 3.21. The summed E-state index contributed by atoms with van der Waals surface area (Å²) in [5.41, 5.74) is 3.50. The number of rotatable bonds is 3. The summed E-state index contributed by atoms with van der Waals surface area (Å²) in [6, 6.07) is 21.3. The second-order valence-electron chi connectivity index (χ2n) is 6.19. The largest absolute Gasteiger partial charge is 0.294 e. The number of hydrogen-bond donors (Lipinski definition) is 0. The van der Waals surface area contributed by atoms with Crippen LogP contribution in [0.4, 0.5) is 4.39 Å². The maximum atomic E-state index is 13.3. The Bertz CT molecular complexity index is 1240. The Hall–Kier alpha value is -3.78. The van der Waals surface area contributed by atoms with Crippen LogP contribution in [0, 0.1) is 17.1 Å². The average molecular weight is 355 g/mol. The van der Waals surface area contributed by atoms with Crippen molar-refractivity contribution in [2.24, 2.45) is 0 Å². The van der Waals surface area contributed by atoms with Crippen LogP contribution < -0.4 is 5.56 Å². The van der Waals surface area contributed by atoms with E-state index in [1.807, 2.05) is 42.5 Å². The molecule has 0 unspecified atom stereocenters. The first kappa shape index (κ1) is 16.7. The van der Waals surface area contributed by atoms with Crippen LogP contribution in [0.5, 0.6) is 0 Å². The van der Waals surface area contributed by atoms with E-state index in [0.29, 0.717) is 23.0 Å². The number of hydrogen-bond acceptors (Lipinski definition) is 3. The van der Waals surface area contributed by atoms with E-state index in [0.717, 1.165) is 16.7 Å². The Morgan fingerprint density at radius 3 is 2.59 bits per heavy atom. The summed E-state index contributed by atoms with van der Waals surface area (Å²) >= 11 is 0. The van der Waals surface area contributed by atoms with Gasteiger partial charge in [0.1, 0.15) is 5.82 Å². The quantitative estimate of drug-likeness (QED) is 0.555. The fourth-order valence-electron chi connectivity index (χ4n) is 3.06. The maximum absolute atomic E-state index is 13.3. The summed E-state index contributed by atoms with van der Waals surface area (Å²) in [4.78, 5) is 16.8. The van der Waals surface area contributed by atoms with Gasteiger partial charge in [-0.25, -0.2) is 9.37 Å². The van der Waals surface area contributed by atoms with Gasteiger partial charge in [-0.05, 0) is 34.9 Å². The highest BCUT2D eigenvalue weighted by Crippen LogP contribution is 2.23. The molecule has 0 atom stereocenters. The molecule has 1 aromatic heterocycles. The van der Waals surface area contributed by atoms with Crippen LogP contribution in [-0.2, 0) is 6.54 Å². The van der Waals surface area contributed by atoms with Crippen molar-refractivity contribution in [1.29, 1.82) is 5.26 Å². The molecule has 0 amide bonds. The van der Waals surface area contributed by atoms with E-state index in [2.05, 4.69) is 11.1 Å². The topological polar surface area (TPSA) is 58.7 Å². The minimum Gasteiger partial charge on any atom is -0.294 e. The van der Waals surface area contributed by atoms with E-state index in [-0.39, 0.29) is 5.56 Å². The van der Waals surface area contributed by atoms with Crippen molar-refractivity contribution < 1.29 is 4.39 Å². The van der Waals surface area contributed by atoms with Gasteiger partial charge in [0.15, 0.2) is 0 Å². The molecule has 1 heterocycles. The number of fused-ring (bicyclic) bond motifs is 1. The summed E-state index contributed by atoms with van der Waals surface area (Å²) in [6.45, 7) is 0.360. The molecule has 4 aromatic rings. The number of nitriles is 1. The van der Waals surface area contributed by atoms with Crippen LogP contribution >= 0.6 is 0 Å². The molecular formula is C22H14FN3O. The number of halogens is 1. The smallest absolute Gasteiger partial charge is 0.261 e. The molecule has 0 fully saturated rings. The minimum atomic E-state index is -0.416. The van der Waals surface area contributed by atoms with Gasteiger partial charge in [0.2, 0.25) is 0 Å². The lowest BCUT2D eigenvalue weighted by Gasteiger charge is -2.09. The third-order valence-electron chi connectivity index (χ3n) is 4.45. The van der Waals surface area contributed by atoms with Gasteiger partial charge in [-0.15, -0.1) is 0 Å². The van der Waals surface area contributed by atoms with Gasteiger partial charge in [0, 0.05) is 6.07 Å². The van der Waals surface area contributed by atoms with Gasteiger partial charge in [-0.2, -0.15) is 5.26 Å². The zero-order chi connectivity index (χ0) is 18.8. The van der Waals surface area contributed by atoms with Gasteiger partial charge < -0.3 is 0 Å². The highest BCUT2D eigenvalue weighted by atomic mass is 19.1. The van der Waals surface area contributed by atoms with Crippen molar-refractivity contribution in [2.45, 2.75) is 6.54 Å². The number of benzene rings is 3. The molecule has 0 aliphatic carbocycles. The molecule has 0 radical (unpaired) electrons. The van der Waals surface area contributed by atoms with Gasteiger partial charge >= 0.3 is 0 Å². The molecule has 0 saturated heterocycles. The highest BCUT2D eigenvalue weighted by molar-refractivity contribution is 5.77. The van der Waals surface area contributed by atoms with Crippen LogP contribution in [0.1, 0.15) is 11.1 Å². The molecule has 5 heteroatoms. The molecule has 4 nitrogen and oxygen atoms in total. The third-order valence-corrected chi connectivity index (χ3v) is 4.45. The normalized spacial score (nSPS) is 10.7. The van der Waals surface area contributed by atoms with Crippen molar-refractivity contribution in [1.82, 2.24) is 9.55 Å². The standard InChI is InChI=1S/C22H14FN3O/c23-18-9-10-20-21(11-18)25-14-26(22(20)27)13-15-5-7-16(8-6-15)19-4-2-1-3-17(19)12-24/h1-11,14H,13H2. The van der Waals surface area contributed by atoms with Gasteiger partial charge in [-0.3, -0.25) is 9.36 Å². The first-order valence-corrected chi connectivity index (χ1v) is 8.39. The Morgan fingerprint density at radius 2 is 1.81 bits per heavy atom. The molecule has 0 aliphatic heterocycles. The summed E-state index contributed by atoms with van der Waals surface area (Å²) in [6.07, 6.45) is 1.43. The van der Waals surface area contributed by atoms with Gasteiger partial charge in [0.05, 0.1) is 35.4 Å². The SMILES string of the molecule is N#Cc1ccccc1-c1ccc(Cn2cnc3cc(F)ccc3c2=O)cc1. The predicted molar refractivity (Wildman–Crippen MR) is 102 cm³/mol. The molecule has 4 rings (SSSR count). The Morgan fingerprint density at radius 1 is 1.04 bits per heavy atom. The summed E-state index contributed by atoms with van der Waals surface area (Å²) in [5.74, 6) is -0.416. The Kier molecular flexibility index (Phi) is 4.23. The van der Waals surface area contributed by atoms with Crippen molar-refractivity contribution in [2.75, 3.05) is 0 Å². The zero-order valence-electron chi connectivity index (χ0n) is 14.3. The Labute approximate surface area is 154 Å². The van der Waals surface area contributed by atoms with E-state index < -0.39 is 5.82 Å². The van der Waals surface area contributed by atoms with Crippen LogP contribution in [0.3, 0.4) is 0 Å². The average Bonchev–Trinajstić information content (AvgIpc) is 2.70. The van der Waals surface area contributed by atoms with Crippen molar-refractivity contribution in [3.8, 4) is 17.2 Å². The second kappa shape index (κ2) is 6.85. The fourth-order valence-corrected chi connectivity index (χ4v) is 3.06. The van der Waals surface area contributed by atoms with Gasteiger partial charge in [-0.1, -0.05) is 42.5 Å². The van der Waals surface area contributed by atoms with Crippen LogP contribution in [0.25, 0.3) is 22.0 Å². The monoisotopic (exact) mass is 355 g/mol. The van der Waals surface area contributed by atoms with Crippen molar-refractivity contribution in [3.05, 3.63) is 100 Å². The van der Waals surface area contributed by atoms with E-state index in [4.69, 9.17) is 0 Å². The second-order valence-corrected chi connectivity index (χ2v) is 6.19. The first-order chi connectivity index (χ1) is 13.2. The fraction of sp³-hybridized carbons (Fsp3) is 0.0455. The lowest BCUT2D eigenvalue weighted by Crippen LogP contribution is -2.21. The van der Waals surface area contributed by atoms with Crippen molar-refractivity contribution >= 4 is 10.9 Å². The van der Waals surface area contributed by atoms with Crippen LogP contribution in [-0.4, -0.2) is 9.55 Å². The Balaban J connectivity index is 1.65. The molecule has 0 saturated carbocycles. The first-order valence-electron chi connectivity index (χ1n) is 8.39. The molecule has 27 heavy (non-hydrogen) atoms. The molecule has 3 aromatic carbocycles. The van der Waals surface area contributed by atoms with Gasteiger partial charge in [0.25, 0.3) is 5.56 Å². The molecule has 0 aliphatic rings. The predicted octanol–water partition coefficient (Wildman–Crippen LogP) is 4.12. The highest BCUT2D eigenvalue weighted by Gasteiger charge is 2.07.